The molecule has 50 heavy (non-hydrogen) atoms. The lowest BCUT2D eigenvalue weighted by molar-refractivity contribution is -0.759. The van der Waals surface area contributed by atoms with Gasteiger partial charge in [0.2, 0.25) is 0 Å². The average molecular weight is 701 g/mol. The third kappa shape index (κ3) is 6.77. The lowest BCUT2D eigenvalue weighted by Gasteiger charge is -2.58. The Bertz CT molecular complexity index is 1430. The van der Waals surface area contributed by atoms with Gasteiger partial charge in [0.1, 0.15) is 5.76 Å². The summed E-state index contributed by atoms with van der Waals surface area (Å²) in [6, 6.07) is 0. The van der Waals surface area contributed by atoms with E-state index in [1.54, 1.807) is 6.92 Å². The molecule has 0 spiro atoms. The highest BCUT2D eigenvalue weighted by molar-refractivity contribution is 5.89. The lowest BCUT2D eigenvalue weighted by atomic mass is 9.47. The Labute approximate surface area is 293 Å². The van der Waals surface area contributed by atoms with Gasteiger partial charge in [0, 0.05) is 11.8 Å². The van der Waals surface area contributed by atoms with Crippen LogP contribution in [0.4, 0.5) is 0 Å². The Morgan fingerprint density at radius 2 is 1.34 bits per heavy atom. The molecule has 0 N–H and O–H groups in total. The summed E-state index contributed by atoms with van der Waals surface area (Å²) in [6.07, 6.45) is 15.0. The van der Waals surface area contributed by atoms with Gasteiger partial charge in [0.25, 0.3) is 10.2 Å². The van der Waals surface area contributed by atoms with Gasteiger partial charge in [-0.15, -0.1) is 20.2 Å². The Kier molecular flexibility index (Phi) is 10.3. The molecule has 6 aliphatic carbocycles. The summed E-state index contributed by atoms with van der Waals surface area (Å²) in [5, 5.41) is 19.6. The predicted octanol–water partition coefficient (Wildman–Crippen LogP) is 6.89. The van der Waals surface area contributed by atoms with Crippen molar-refractivity contribution >= 4 is 17.7 Å². The second kappa shape index (κ2) is 14.3. The maximum Gasteiger partial charge on any atom is 0.314 e. The molecule has 4 fully saturated rings. The summed E-state index contributed by atoms with van der Waals surface area (Å²) in [5.74, 6) is 0.686. The van der Waals surface area contributed by atoms with E-state index in [9.17, 15) is 34.6 Å². The van der Waals surface area contributed by atoms with Crippen molar-refractivity contribution in [1.82, 2.24) is 0 Å². The van der Waals surface area contributed by atoms with Crippen LogP contribution in [0.25, 0.3) is 0 Å². The normalized spacial score (nSPS) is 39.3. The highest BCUT2D eigenvalue weighted by atomic mass is 17.0. The summed E-state index contributed by atoms with van der Waals surface area (Å²) >= 11 is 0. The standard InChI is InChI=1S/C37H52N2O11/c1-23(40)37(50-34(42)27-10-6-25(7-11-27)22-48-39(45)46)19-16-32-30-13-12-28-20-29(14-17-35(28,2)31(30)15-18-36(32,37)3)49-33(41)26-8-4-24(5-9-26)21-47-38(43)44/h12,20,24-27,30-32H,4-11,13-19,21-22H2,1-3H3/t24?,25?,26?,27?,30?,31?,32?,35?,36?,37-/m0/s1. The van der Waals surface area contributed by atoms with E-state index in [1.807, 2.05) is 0 Å². The third-order valence-electron chi connectivity index (χ3n) is 14.1. The van der Waals surface area contributed by atoms with Crippen LogP contribution < -0.4 is 0 Å². The van der Waals surface area contributed by atoms with E-state index >= 15 is 0 Å². The van der Waals surface area contributed by atoms with Crippen LogP contribution in [0.1, 0.15) is 117 Å². The van der Waals surface area contributed by atoms with Crippen molar-refractivity contribution < 1.29 is 43.7 Å². The van der Waals surface area contributed by atoms with Gasteiger partial charge in [-0.3, -0.25) is 14.4 Å². The fraction of sp³-hybridized carbons (Fsp3) is 0.811. The van der Waals surface area contributed by atoms with Crippen molar-refractivity contribution in [2.75, 3.05) is 13.2 Å². The van der Waals surface area contributed by atoms with E-state index in [2.05, 4.69) is 35.7 Å². The highest BCUT2D eigenvalue weighted by Gasteiger charge is 2.67. The van der Waals surface area contributed by atoms with Crippen LogP contribution in [-0.2, 0) is 33.5 Å². The second-order valence-corrected chi connectivity index (χ2v) is 16.5. The number of allylic oxidation sites excluding steroid dienone is 4. The van der Waals surface area contributed by atoms with Crippen LogP contribution in [0.3, 0.4) is 0 Å². The highest BCUT2D eigenvalue weighted by Crippen LogP contribution is 2.68. The van der Waals surface area contributed by atoms with E-state index in [0.717, 1.165) is 32.1 Å². The van der Waals surface area contributed by atoms with E-state index < -0.39 is 21.2 Å². The molecule has 276 valence electrons. The number of hydrogen-bond donors (Lipinski definition) is 0. The Hall–Kier alpha value is -3.51. The Morgan fingerprint density at radius 1 is 0.780 bits per heavy atom. The number of hydrogen-bond acceptors (Lipinski definition) is 11. The molecule has 6 aliphatic rings. The zero-order valence-electron chi connectivity index (χ0n) is 29.6. The predicted molar refractivity (Wildman–Crippen MR) is 178 cm³/mol. The fourth-order valence-electron chi connectivity index (χ4n) is 11.1. The first-order chi connectivity index (χ1) is 23.8. The van der Waals surface area contributed by atoms with Gasteiger partial charge in [0.15, 0.2) is 11.4 Å². The molecule has 13 heteroatoms. The smallest absolute Gasteiger partial charge is 0.314 e. The zero-order chi connectivity index (χ0) is 35.8. The largest absolute Gasteiger partial charge is 0.450 e. The number of esters is 2. The van der Waals surface area contributed by atoms with Crippen LogP contribution in [0.5, 0.6) is 0 Å². The molecule has 0 aliphatic heterocycles. The molecule has 5 unspecified atom stereocenters. The zero-order valence-corrected chi connectivity index (χ0v) is 29.6. The van der Waals surface area contributed by atoms with Crippen molar-refractivity contribution in [2.24, 2.45) is 52.3 Å². The SMILES string of the molecule is CC(=O)[C@@]1(OC(=O)C2CCC(CO[N+](=O)[O-])CC2)CCC2C3CC=C4C=C(OC(=O)C5CCC(CO[N+](=O)[O-])CC5)CCC4(C)C3CCC21C. The number of carbonyl (C=O) groups excluding carboxylic acids is 3. The Balaban J connectivity index is 1.09. The fourth-order valence-corrected chi connectivity index (χ4v) is 11.1. The molecular formula is C37H52N2O11. The van der Waals surface area contributed by atoms with Crippen LogP contribution in [0.15, 0.2) is 23.5 Å². The van der Waals surface area contributed by atoms with Crippen molar-refractivity contribution in [3.8, 4) is 0 Å². The first kappa shape index (κ1) is 36.3. The van der Waals surface area contributed by atoms with Gasteiger partial charge in [-0.05, 0) is 143 Å². The minimum atomic E-state index is -1.15. The molecule has 0 saturated heterocycles. The number of rotatable bonds is 11. The number of ketones is 1. The van der Waals surface area contributed by atoms with E-state index in [4.69, 9.17) is 9.47 Å². The van der Waals surface area contributed by atoms with Gasteiger partial charge in [-0.1, -0.05) is 19.9 Å². The molecule has 13 nitrogen and oxygen atoms in total. The van der Waals surface area contributed by atoms with Crippen molar-refractivity contribution in [3.63, 3.8) is 0 Å². The van der Waals surface area contributed by atoms with Gasteiger partial charge in [-0.2, -0.15) is 0 Å². The molecule has 0 bridgehead atoms. The average Bonchev–Trinajstić information content (AvgIpc) is 3.39. The maximum absolute atomic E-state index is 13.7. The molecule has 0 aromatic rings. The third-order valence-corrected chi connectivity index (χ3v) is 14.1. The summed E-state index contributed by atoms with van der Waals surface area (Å²) in [7, 11) is 0. The van der Waals surface area contributed by atoms with E-state index in [0.29, 0.717) is 81.8 Å². The summed E-state index contributed by atoms with van der Waals surface area (Å²) < 4.78 is 12.4. The van der Waals surface area contributed by atoms with E-state index in [-0.39, 0.29) is 65.9 Å². The molecule has 0 radical (unpaired) electrons. The van der Waals surface area contributed by atoms with Crippen molar-refractivity contribution in [2.45, 2.75) is 123 Å². The quantitative estimate of drug-likeness (QED) is 0.125. The van der Waals surface area contributed by atoms with Crippen molar-refractivity contribution in [1.29, 1.82) is 0 Å². The minimum Gasteiger partial charge on any atom is -0.450 e. The van der Waals surface area contributed by atoms with Gasteiger partial charge in [0.05, 0.1) is 25.0 Å². The van der Waals surface area contributed by atoms with Gasteiger partial charge in [-0.25, -0.2) is 0 Å². The molecule has 6 atom stereocenters. The molecule has 6 rings (SSSR count). The summed E-state index contributed by atoms with van der Waals surface area (Å²) in [5.41, 5.74) is -0.472. The summed E-state index contributed by atoms with van der Waals surface area (Å²) in [4.78, 5) is 70.5. The van der Waals surface area contributed by atoms with Crippen LogP contribution >= 0.6 is 0 Å². The van der Waals surface area contributed by atoms with Gasteiger partial charge >= 0.3 is 11.9 Å². The van der Waals surface area contributed by atoms with Crippen molar-refractivity contribution in [3.05, 3.63) is 43.7 Å². The minimum absolute atomic E-state index is 0.0370. The van der Waals surface area contributed by atoms with Gasteiger partial charge < -0.3 is 19.1 Å². The van der Waals surface area contributed by atoms with Crippen LogP contribution in [-0.4, -0.2) is 46.7 Å². The lowest BCUT2D eigenvalue weighted by Crippen LogP contribution is -2.58. The van der Waals surface area contributed by atoms with E-state index in [1.165, 1.54) is 5.57 Å². The Morgan fingerprint density at radius 3 is 1.90 bits per heavy atom. The van der Waals surface area contributed by atoms with Crippen LogP contribution in [0.2, 0.25) is 0 Å². The molecule has 0 aromatic heterocycles. The summed E-state index contributed by atoms with van der Waals surface area (Å²) in [6.45, 7) is 6.19. The second-order valence-electron chi connectivity index (χ2n) is 16.5. The topological polar surface area (TPSA) is 174 Å². The molecule has 0 heterocycles. The monoisotopic (exact) mass is 700 g/mol. The molecule has 4 saturated carbocycles. The first-order valence-electron chi connectivity index (χ1n) is 18.7. The number of ether oxygens (including phenoxy) is 2. The number of fused-ring (bicyclic) bond motifs is 5. The molecular weight excluding hydrogens is 648 g/mol. The van der Waals surface area contributed by atoms with Crippen LogP contribution in [0, 0.1) is 72.5 Å². The first-order valence-corrected chi connectivity index (χ1v) is 18.7. The maximum atomic E-state index is 13.7. The number of nitrogens with zero attached hydrogens (tertiary/aromatic N) is 2. The number of Topliss-reactive ketones (excluding diaryl/α,β-unsaturated/α-hetero) is 1. The number of carbonyl (C=O) groups is 3. The molecule has 0 aromatic carbocycles. The molecule has 0 amide bonds.